The van der Waals surface area contributed by atoms with E-state index in [0.29, 0.717) is 22.3 Å². The van der Waals surface area contributed by atoms with Crippen LogP contribution in [0.2, 0.25) is 0 Å². The van der Waals surface area contributed by atoms with E-state index in [-0.39, 0.29) is 5.69 Å². The number of aromatic nitrogens is 3. The van der Waals surface area contributed by atoms with E-state index in [1.54, 1.807) is 30.6 Å². The summed E-state index contributed by atoms with van der Waals surface area (Å²) in [4.78, 5) is 31.5. The van der Waals surface area contributed by atoms with Gasteiger partial charge in [-0.15, -0.1) is 0 Å². The Labute approximate surface area is 221 Å². The molecule has 3 N–H and O–H groups in total. The number of fused-ring (bicyclic) bond motifs is 1. The summed E-state index contributed by atoms with van der Waals surface area (Å²) >= 11 is 0. The lowest BCUT2D eigenvalue weighted by Crippen LogP contribution is -2.53. The number of nitrogens with one attached hydrogen (secondary N) is 3. The van der Waals surface area contributed by atoms with Crippen molar-refractivity contribution in [1.82, 2.24) is 29.9 Å². The van der Waals surface area contributed by atoms with Crippen molar-refractivity contribution in [3.8, 4) is 0 Å². The Hall–Kier alpha value is -4.29. The van der Waals surface area contributed by atoms with Crippen molar-refractivity contribution in [1.29, 1.82) is 0 Å². The summed E-state index contributed by atoms with van der Waals surface area (Å²) in [6, 6.07) is 9.78. The van der Waals surface area contributed by atoms with E-state index in [9.17, 15) is 13.2 Å². The van der Waals surface area contributed by atoms with Crippen LogP contribution in [0.15, 0.2) is 79.1 Å². The Morgan fingerprint density at radius 3 is 2.55 bits per heavy atom. The van der Waals surface area contributed by atoms with Crippen molar-refractivity contribution < 1.29 is 13.2 Å². The lowest BCUT2D eigenvalue weighted by atomic mass is 9.90. The molecule has 0 bridgehead atoms. The monoisotopic (exact) mass is 532 g/mol. The van der Waals surface area contributed by atoms with Crippen LogP contribution in [0.1, 0.15) is 5.69 Å². The van der Waals surface area contributed by atoms with Crippen LogP contribution in [0.25, 0.3) is 10.9 Å². The van der Waals surface area contributed by atoms with Crippen molar-refractivity contribution in [2.24, 2.45) is 0 Å². The van der Waals surface area contributed by atoms with Crippen molar-refractivity contribution in [3.63, 3.8) is 0 Å². The molecule has 4 heterocycles. The van der Waals surface area contributed by atoms with Crippen LogP contribution in [0.3, 0.4) is 0 Å². The Balaban J connectivity index is 1.46. The summed E-state index contributed by atoms with van der Waals surface area (Å²) in [5.41, 5.74) is 0.942. The third-order valence-electron chi connectivity index (χ3n) is 6.54. The van der Waals surface area contributed by atoms with Crippen molar-refractivity contribution in [3.05, 3.63) is 84.8 Å². The predicted molar refractivity (Wildman–Crippen MR) is 147 cm³/mol. The Bertz CT molecular complexity index is 1530. The van der Waals surface area contributed by atoms with Gasteiger partial charge in [-0.25, -0.2) is 23.1 Å². The molecule has 38 heavy (non-hydrogen) atoms. The summed E-state index contributed by atoms with van der Waals surface area (Å²) < 4.78 is 26.2. The van der Waals surface area contributed by atoms with Crippen molar-refractivity contribution in [2.45, 2.75) is 5.54 Å². The van der Waals surface area contributed by atoms with E-state index < -0.39 is 21.5 Å². The number of nitrogens with zero attached hydrogens (tertiary/aromatic N) is 5. The normalized spacial score (nSPS) is 19.7. The molecule has 1 unspecified atom stereocenters. The maximum absolute atomic E-state index is 13.3. The van der Waals surface area contributed by atoms with Crippen LogP contribution in [0.4, 0.5) is 17.3 Å². The molecule has 1 fully saturated rings. The van der Waals surface area contributed by atoms with E-state index in [2.05, 4.69) is 61.1 Å². The number of hydrogen-bond donors (Lipinski definition) is 3. The number of sulfonamides is 1. The molecule has 3 aromatic rings. The standard InChI is InChI=1S/C26H28N8O3S/c1-3-38(36,37)32-24(35)26(11-4-5-12-29-26)23-22-19(10-13-27-23)18-28-25(31-22)30-20-6-8-21(9-7-20)34-16-14-33(2)15-17-34/h3-13,18,29H,1,14-17H2,2H3,(H,32,35)(H,28,30,31). The molecule has 5 rings (SSSR count). The van der Waals surface area contributed by atoms with Gasteiger partial charge in [0, 0.05) is 60.7 Å². The number of allylic oxidation sites excluding steroid dienone is 2. The number of pyridine rings is 1. The largest absolute Gasteiger partial charge is 0.369 e. The number of benzene rings is 1. The highest BCUT2D eigenvalue weighted by Gasteiger charge is 2.42. The van der Waals surface area contributed by atoms with Gasteiger partial charge < -0.3 is 20.4 Å². The molecule has 2 aliphatic rings. The summed E-state index contributed by atoms with van der Waals surface area (Å²) in [5.74, 6) is -0.533. The Morgan fingerprint density at radius 2 is 1.87 bits per heavy atom. The molecule has 0 aliphatic carbocycles. The number of likely N-dealkylation sites (N-methyl/N-ethyl adjacent to an activating group) is 1. The quantitative estimate of drug-likeness (QED) is 0.415. The summed E-state index contributed by atoms with van der Waals surface area (Å²) in [6.07, 6.45) is 9.56. The van der Waals surface area contributed by atoms with Gasteiger partial charge in [0.1, 0.15) is 11.2 Å². The molecule has 0 saturated carbocycles. The number of piperazine rings is 1. The van der Waals surface area contributed by atoms with Crippen LogP contribution in [0, 0.1) is 0 Å². The molecule has 11 nitrogen and oxygen atoms in total. The first-order chi connectivity index (χ1) is 18.3. The summed E-state index contributed by atoms with van der Waals surface area (Å²) in [7, 11) is -1.91. The van der Waals surface area contributed by atoms with Crippen molar-refractivity contribution in [2.75, 3.05) is 43.4 Å². The maximum Gasteiger partial charge on any atom is 0.269 e. The van der Waals surface area contributed by atoms with Crippen LogP contribution in [-0.2, 0) is 20.4 Å². The Kier molecular flexibility index (Phi) is 6.83. The van der Waals surface area contributed by atoms with Gasteiger partial charge in [0.15, 0.2) is 5.54 Å². The second-order valence-electron chi connectivity index (χ2n) is 9.07. The van der Waals surface area contributed by atoms with Gasteiger partial charge in [0.2, 0.25) is 5.95 Å². The molecular weight excluding hydrogens is 504 g/mol. The topological polar surface area (TPSA) is 132 Å². The first kappa shape index (κ1) is 25.4. The molecule has 1 saturated heterocycles. The number of carbonyl (C=O) groups excluding carboxylic acids is 1. The fourth-order valence-corrected chi connectivity index (χ4v) is 4.89. The molecule has 1 aromatic carbocycles. The molecule has 0 spiro atoms. The highest BCUT2D eigenvalue weighted by molar-refractivity contribution is 7.92. The highest BCUT2D eigenvalue weighted by Crippen LogP contribution is 2.30. The molecule has 0 radical (unpaired) electrons. The summed E-state index contributed by atoms with van der Waals surface area (Å²) in [6.45, 7) is 7.27. The summed E-state index contributed by atoms with van der Waals surface area (Å²) in [5, 5.41) is 7.49. The Morgan fingerprint density at radius 1 is 1.11 bits per heavy atom. The van der Waals surface area contributed by atoms with Crippen LogP contribution < -0.4 is 20.3 Å². The lowest BCUT2D eigenvalue weighted by Gasteiger charge is -2.34. The average molecular weight is 533 g/mol. The van der Waals surface area contributed by atoms with Crippen LogP contribution >= 0.6 is 0 Å². The molecule has 2 aliphatic heterocycles. The van der Waals surface area contributed by atoms with E-state index in [1.807, 2.05) is 16.9 Å². The van der Waals surface area contributed by atoms with E-state index in [4.69, 9.17) is 0 Å². The van der Waals surface area contributed by atoms with E-state index in [1.165, 1.54) is 12.3 Å². The third kappa shape index (κ3) is 5.08. The second-order valence-corrected chi connectivity index (χ2v) is 10.7. The van der Waals surface area contributed by atoms with Crippen molar-refractivity contribution >= 4 is 44.2 Å². The third-order valence-corrected chi connectivity index (χ3v) is 7.45. The van der Waals surface area contributed by atoms with E-state index >= 15 is 0 Å². The molecular formula is C26H28N8O3S. The average Bonchev–Trinajstić information content (AvgIpc) is 2.94. The minimum absolute atomic E-state index is 0.225. The molecule has 196 valence electrons. The van der Waals surface area contributed by atoms with Gasteiger partial charge in [-0.2, -0.15) is 0 Å². The fraction of sp³-hybridized carbons (Fsp3) is 0.231. The second kappa shape index (κ2) is 10.2. The van der Waals surface area contributed by atoms with Gasteiger partial charge >= 0.3 is 0 Å². The number of hydrogen-bond acceptors (Lipinski definition) is 10. The smallest absolute Gasteiger partial charge is 0.269 e. The van der Waals surface area contributed by atoms with Gasteiger partial charge in [0.05, 0.1) is 0 Å². The van der Waals surface area contributed by atoms with Gasteiger partial charge in [-0.05, 0) is 55.7 Å². The first-order valence-corrected chi connectivity index (χ1v) is 13.6. The fourth-order valence-electron chi connectivity index (χ4n) is 4.38. The van der Waals surface area contributed by atoms with Gasteiger partial charge in [-0.1, -0.05) is 12.7 Å². The molecule has 2 aromatic heterocycles. The van der Waals surface area contributed by atoms with Gasteiger partial charge in [-0.3, -0.25) is 9.78 Å². The number of amides is 1. The van der Waals surface area contributed by atoms with Crippen LogP contribution in [-0.4, -0.2) is 67.4 Å². The zero-order valence-corrected chi connectivity index (χ0v) is 21.6. The zero-order valence-electron chi connectivity index (χ0n) is 20.8. The molecule has 1 atom stereocenters. The molecule has 12 heteroatoms. The van der Waals surface area contributed by atoms with E-state index in [0.717, 1.165) is 37.6 Å². The zero-order chi connectivity index (χ0) is 26.8. The minimum Gasteiger partial charge on any atom is -0.369 e. The predicted octanol–water partition coefficient (Wildman–Crippen LogP) is 1.98. The number of anilines is 3. The van der Waals surface area contributed by atoms with Gasteiger partial charge in [0.25, 0.3) is 15.9 Å². The van der Waals surface area contributed by atoms with Crippen LogP contribution in [0.5, 0.6) is 0 Å². The number of rotatable bonds is 7. The number of carbonyl (C=O) groups is 1. The first-order valence-electron chi connectivity index (χ1n) is 12.0. The molecule has 1 amide bonds. The lowest BCUT2D eigenvalue weighted by molar-refractivity contribution is -0.124. The maximum atomic E-state index is 13.3. The SMILES string of the molecule is C=CS(=O)(=O)NC(=O)C1(c2nccc3cnc(Nc4ccc(N5CCN(C)CC5)cc4)nc23)C=CC=CN1. The number of dihydropyridines is 1. The minimum atomic E-state index is -4.04. The highest BCUT2D eigenvalue weighted by atomic mass is 32.2.